The van der Waals surface area contributed by atoms with E-state index in [0.29, 0.717) is 5.15 Å². The molecule has 6 heteroatoms. The van der Waals surface area contributed by atoms with E-state index in [4.69, 9.17) is 11.6 Å². The number of aromatic nitrogens is 2. The van der Waals surface area contributed by atoms with Gasteiger partial charge in [0.2, 0.25) is 0 Å². The summed E-state index contributed by atoms with van der Waals surface area (Å²) in [5, 5.41) is 2.57. The van der Waals surface area contributed by atoms with Gasteiger partial charge in [-0.05, 0) is 22.0 Å². The first-order chi connectivity index (χ1) is 8.58. The average Bonchev–Trinajstić information content (AvgIpc) is 2.73. The molecule has 0 aliphatic heterocycles. The Hall–Kier alpha value is -0.650. The highest BCUT2D eigenvalue weighted by Crippen LogP contribution is 2.23. The zero-order valence-electron chi connectivity index (χ0n) is 10.2. The Balaban J connectivity index is 2.17. The fourth-order valence-corrected chi connectivity index (χ4v) is 3.26. The fraction of sp³-hybridized carbons (Fsp3) is 0.333. The molecule has 0 aliphatic rings. The highest BCUT2D eigenvalue weighted by atomic mass is 79.9. The molecule has 0 radical (unpaired) electrons. The van der Waals surface area contributed by atoms with Crippen molar-refractivity contribution in [2.24, 2.45) is 0 Å². The van der Waals surface area contributed by atoms with E-state index < -0.39 is 0 Å². The quantitative estimate of drug-likeness (QED) is 0.779. The number of thiophene rings is 1. The highest BCUT2D eigenvalue weighted by molar-refractivity contribution is 9.10. The van der Waals surface area contributed by atoms with Crippen LogP contribution in [0.2, 0.25) is 5.15 Å². The standard InChI is InChI=1S/C12H13BrClN3S/c1-3-11-15-10(14)5-12(16-11)17(2)6-9-4-8(13)7-18-9/h4-5,7H,3,6H2,1-2H3. The average molecular weight is 347 g/mol. The monoisotopic (exact) mass is 345 g/mol. The van der Waals surface area contributed by atoms with Crippen molar-refractivity contribution < 1.29 is 0 Å². The van der Waals surface area contributed by atoms with Crippen molar-refractivity contribution >= 4 is 44.7 Å². The van der Waals surface area contributed by atoms with Crippen molar-refractivity contribution in [3.63, 3.8) is 0 Å². The SMILES string of the molecule is CCc1nc(Cl)cc(N(C)Cc2cc(Br)cs2)n1. The number of hydrogen-bond donors (Lipinski definition) is 0. The van der Waals surface area contributed by atoms with Crippen molar-refractivity contribution in [1.82, 2.24) is 9.97 Å². The van der Waals surface area contributed by atoms with Gasteiger partial charge >= 0.3 is 0 Å². The maximum Gasteiger partial charge on any atom is 0.134 e. The third-order valence-electron chi connectivity index (χ3n) is 2.45. The van der Waals surface area contributed by atoms with Crippen LogP contribution in [0.5, 0.6) is 0 Å². The third kappa shape index (κ3) is 3.43. The summed E-state index contributed by atoms with van der Waals surface area (Å²) in [6.07, 6.45) is 0.784. The Morgan fingerprint density at radius 1 is 1.39 bits per heavy atom. The summed E-state index contributed by atoms with van der Waals surface area (Å²) in [6.45, 7) is 2.83. The molecule has 0 saturated heterocycles. The molecule has 0 bridgehead atoms. The predicted molar refractivity (Wildman–Crippen MR) is 80.5 cm³/mol. The van der Waals surface area contributed by atoms with E-state index >= 15 is 0 Å². The van der Waals surface area contributed by atoms with Crippen LogP contribution in [0, 0.1) is 0 Å². The van der Waals surface area contributed by atoms with E-state index in [-0.39, 0.29) is 0 Å². The largest absolute Gasteiger partial charge is 0.354 e. The van der Waals surface area contributed by atoms with Gasteiger partial charge in [-0.2, -0.15) is 0 Å². The Bertz CT molecular complexity index is 544. The van der Waals surface area contributed by atoms with Crippen molar-refractivity contribution in [3.8, 4) is 0 Å². The van der Waals surface area contributed by atoms with Crippen LogP contribution >= 0.6 is 38.9 Å². The Kier molecular flexibility index (Phi) is 4.59. The molecular formula is C12H13BrClN3S. The van der Waals surface area contributed by atoms with Crippen LogP contribution in [0.25, 0.3) is 0 Å². The van der Waals surface area contributed by atoms with Crippen molar-refractivity contribution in [3.05, 3.63) is 37.8 Å². The van der Waals surface area contributed by atoms with Gasteiger partial charge in [0.25, 0.3) is 0 Å². The molecule has 0 unspecified atom stereocenters. The van der Waals surface area contributed by atoms with E-state index in [1.54, 1.807) is 17.4 Å². The minimum absolute atomic E-state index is 0.496. The normalized spacial score (nSPS) is 10.7. The fourth-order valence-electron chi connectivity index (χ4n) is 1.56. The number of halogens is 2. The molecule has 0 amide bonds. The van der Waals surface area contributed by atoms with E-state index in [2.05, 4.69) is 42.2 Å². The molecule has 0 spiro atoms. The van der Waals surface area contributed by atoms with E-state index in [1.165, 1.54) is 4.88 Å². The predicted octanol–water partition coefficient (Wildman–Crippen LogP) is 4.15. The second-order valence-electron chi connectivity index (χ2n) is 3.91. The zero-order chi connectivity index (χ0) is 13.1. The van der Waals surface area contributed by atoms with Gasteiger partial charge in [-0.3, -0.25) is 0 Å². The first-order valence-electron chi connectivity index (χ1n) is 5.56. The molecule has 0 saturated carbocycles. The van der Waals surface area contributed by atoms with Crippen LogP contribution in [0.3, 0.4) is 0 Å². The summed E-state index contributed by atoms with van der Waals surface area (Å²) in [7, 11) is 2.01. The number of rotatable bonds is 4. The van der Waals surface area contributed by atoms with Gasteiger partial charge in [0, 0.05) is 34.3 Å². The molecule has 2 rings (SSSR count). The van der Waals surface area contributed by atoms with E-state index in [9.17, 15) is 0 Å². The topological polar surface area (TPSA) is 29.0 Å². The van der Waals surface area contributed by atoms with Crippen LogP contribution in [0.15, 0.2) is 22.0 Å². The van der Waals surface area contributed by atoms with Gasteiger partial charge in [0.15, 0.2) is 0 Å². The molecule has 0 N–H and O–H groups in total. The minimum Gasteiger partial charge on any atom is -0.354 e. The lowest BCUT2D eigenvalue weighted by Crippen LogP contribution is -2.18. The van der Waals surface area contributed by atoms with E-state index in [0.717, 1.165) is 29.1 Å². The molecule has 3 nitrogen and oxygen atoms in total. The second-order valence-corrected chi connectivity index (χ2v) is 6.20. The summed E-state index contributed by atoms with van der Waals surface area (Å²) in [5.74, 6) is 1.63. The molecule has 0 aromatic carbocycles. The van der Waals surface area contributed by atoms with Crippen molar-refractivity contribution in [1.29, 1.82) is 0 Å². The Labute approximate surface area is 124 Å². The maximum absolute atomic E-state index is 6.00. The summed E-state index contributed by atoms with van der Waals surface area (Å²) in [6, 6.07) is 3.91. The van der Waals surface area contributed by atoms with Gasteiger partial charge in [-0.1, -0.05) is 18.5 Å². The second kappa shape index (κ2) is 5.99. The first kappa shape index (κ1) is 13.8. The molecule has 2 aromatic heterocycles. The molecule has 2 aromatic rings. The molecule has 18 heavy (non-hydrogen) atoms. The van der Waals surface area contributed by atoms with Gasteiger partial charge in [0.05, 0.1) is 6.54 Å². The summed E-state index contributed by atoms with van der Waals surface area (Å²) < 4.78 is 1.12. The Morgan fingerprint density at radius 3 is 2.78 bits per heavy atom. The lowest BCUT2D eigenvalue weighted by atomic mass is 10.4. The smallest absolute Gasteiger partial charge is 0.134 e. The third-order valence-corrected chi connectivity index (χ3v) is 4.33. The summed E-state index contributed by atoms with van der Waals surface area (Å²) in [4.78, 5) is 12.0. The molecular weight excluding hydrogens is 334 g/mol. The molecule has 0 aliphatic carbocycles. The van der Waals surface area contributed by atoms with Gasteiger partial charge < -0.3 is 4.90 Å². The number of anilines is 1. The van der Waals surface area contributed by atoms with Gasteiger partial charge in [-0.15, -0.1) is 11.3 Å². The molecule has 96 valence electrons. The van der Waals surface area contributed by atoms with Gasteiger partial charge in [-0.25, -0.2) is 9.97 Å². The summed E-state index contributed by atoms with van der Waals surface area (Å²) >= 11 is 11.2. The van der Waals surface area contributed by atoms with Crippen LogP contribution in [-0.2, 0) is 13.0 Å². The first-order valence-corrected chi connectivity index (χ1v) is 7.61. The molecule has 0 fully saturated rings. The molecule has 2 heterocycles. The van der Waals surface area contributed by atoms with Crippen molar-refractivity contribution in [2.45, 2.75) is 19.9 Å². The lowest BCUT2D eigenvalue weighted by Gasteiger charge is -2.17. The van der Waals surface area contributed by atoms with Crippen LogP contribution < -0.4 is 4.90 Å². The maximum atomic E-state index is 6.00. The van der Waals surface area contributed by atoms with Crippen LogP contribution in [0.1, 0.15) is 17.6 Å². The van der Waals surface area contributed by atoms with E-state index in [1.807, 2.05) is 14.0 Å². The number of aryl methyl sites for hydroxylation is 1. The van der Waals surface area contributed by atoms with Crippen molar-refractivity contribution in [2.75, 3.05) is 11.9 Å². The number of hydrogen-bond acceptors (Lipinski definition) is 4. The molecule has 0 atom stereocenters. The van der Waals surface area contributed by atoms with Crippen LogP contribution in [0.4, 0.5) is 5.82 Å². The minimum atomic E-state index is 0.496. The van der Waals surface area contributed by atoms with Gasteiger partial charge in [0.1, 0.15) is 16.8 Å². The zero-order valence-corrected chi connectivity index (χ0v) is 13.3. The lowest BCUT2D eigenvalue weighted by molar-refractivity contribution is 0.866. The Morgan fingerprint density at radius 2 is 2.17 bits per heavy atom. The highest BCUT2D eigenvalue weighted by Gasteiger charge is 2.08. The summed E-state index contributed by atoms with van der Waals surface area (Å²) in [5.41, 5.74) is 0. The number of nitrogens with zero attached hydrogens (tertiary/aromatic N) is 3. The van der Waals surface area contributed by atoms with Crippen LogP contribution in [-0.4, -0.2) is 17.0 Å².